The Balaban J connectivity index is 1.58. The lowest BCUT2D eigenvalue weighted by molar-refractivity contribution is -0.132. The number of nitrogens with zero attached hydrogens (tertiary/aromatic N) is 5. The summed E-state index contributed by atoms with van der Waals surface area (Å²) in [7, 11) is 0. The van der Waals surface area contributed by atoms with Crippen molar-refractivity contribution < 1.29 is 9.59 Å². The predicted molar refractivity (Wildman–Crippen MR) is 95.0 cm³/mol. The molecule has 0 saturated carbocycles. The number of benzene rings is 1. The van der Waals surface area contributed by atoms with Crippen molar-refractivity contribution in [2.45, 2.75) is 38.8 Å². The van der Waals surface area contributed by atoms with Crippen molar-refractivity contribution in [2.75, 3.05) is 18.0 Å². The Morgan fingerprint density at radius 2 is 1.69 bits per heavy atom. The van der Waals surface area contributed by atoms with Gasteiger partial charge in [-0.2, -0.15) is 9.67 Å². The molecule has 0 N–H and O–H groups in total. The maximum atomic E-state index is 12.8. The van der Waals surface area contributed by atoms with E-state index in [1.165, 1.54) is 4.68 Å². The molecule has 2 aliphatic heterocycles. The first-order chi connectivity index (χ1) is 12.6. The smallest absolute Gasteiger partial charge is 0.341 e. The number of anilines is 1. The molecule has 3 heterocycles. The molecule has 8 nitrogen and oxygen atoms in total. The summed E-state index contributed by atoms with van der Waals surface area (Å²) in [6, 6.07) is 8.87. The van der Waals surface area contributed by atoms with E-state index < -0.39 is 5.69 Å². The molecule has 0 unspecified atom stereocenters. The molecule has 0 atom stereocenters. The number of rotatable bonds is 3. The number of aromatic nitrogens is 3. The standard InChI is InChI=1S/C18H21N5O3/c24-16(20-10-6-1-2-7-11-20)13-22-17(25)19-15-12-21(18(26)23(15)22)14-8-4-3-5-9-14/h3-5,8-9H,1-2,6-7,10-13H2. The van der Waals surface area contributed by atoms with Crippen molar-refractivity contribution in [3.63, 3.8) is 0 Å². The summed E-state index contributed by atoms with van der Waals surface area (Å²) in [6.07, 6.45) is 4.20. The third-order valence-electron chi connectivity index (χ3n) is 4.95. The zero-order valence-corrected chi connectivity index (χ0v) is 14.5. The van der Waals surface area contributed by atoms with Gasteiger partial charge in [0.25, 0.3) is 0 Å². The number of likely N-dealkylation sites (tertiary alicyclic amines) is 1. The van der Waals surface area contributed by atoms with Gasteiger partial charge in [-0.15, -0.1) is 0 Å². The van der Waals surface area contributed by atoms with Crippen LogP contribution in [-0.4, -0.2) is 44.3 Å². The molecule has 0 radical (unpaired) electrons. The Kier molecular flexibility index (Phi) is 4.32. The molecule has 136 valence electrons. The fourth-order valence-electron chi connectivity index (χ4n) is 3.58. The van der Waals surface area contributed by atoms with E-state index in [9.17, 15) is 14.4 Å². The SMILES string of the molecule is O=C(Cn1c(=O)nc2n1C(=O)N(c1ccccc1)C2)N1CCCCCC1. The largest absolute Gasteiger partial charge is 0.365 e. The Morgan fingerprint density at radius 3 is 2.38 bits per heavy atom. The van der Waals surface area contributed by atoms with Crippen LogP contribution in [0.25, 0.3) is 0 Å². The number of carbonyl (C=O) groups excluding carboxylic acids is 2. The second-order valence-electron chi connectivity index (χ2n) is 6.68. The molecule has 2 aliphatic rings. The van der Waals surface area contributed by atoms with Crippen LogP contribution in [0.3, 0.4) is 0 Å². The molecule has 1 aromatic heterocycles. The zero-order chi connectivity index (χ0) is 18.1. The second-order valence-corrected chi connectivity index (χ2v) is 6.68. The Bertz CT molecular complexity index is 878. The maximum absolute atomic E-state index is 12.8. The van der Waals surface area contributed by atoms with E-state index in [2.05, 4.69) is 4.98 Å². The lowest BCUT2D eigenvalue weighted by atomic mass is 10.2. The van der Waals surface area contributed by atoms with Gasteiger partial charge >= 0.3 is 11.7 Å². The summed E-state index contributed by atoms with van der Waals surface area (Å²) < 4.78 is 2.40. The minimum Gasteiger partial charge on any atom is -0.341 e. The second kappa shape index (κ2) is 6.78. The number of hydrogen-bond acceptors (Lipinski definition) is 4. The van der Waals surface area contributed by atoms with Crippen molar-refractivity contribution in [2.24, 2.45) is 0 Å². The van der Waals surface area contributed by atoms with E-state index in [1.807, 2.05) is 30.3 Å². The van der Waals surface area contributed by atoms with Crippen molar-refractivity contribution in [1.82, 2.24) is 19.2 Å². The summed E-state index contributed by atoms with van der Waals surface area (Å²) in [5.74, 6) is 0.232. The number of hydrogen-bond donors (Lipinski definition) is 0. The molecule has 1 fully saturated rings. The van der Waals surface area contributed by atoms with E-state index in [1.54, 1.807) is 9.80 Å². The van der Waals surface area contributed by atoms with E-state index >= 15 is 0 Å². The van der Waals surface area contributed by atoms with E-state index in [0.717, 1.165) is 36.1 Å². The van der Waals surface area contributed by atoms with Crippen LogP contribution in [0.1, 0.15) is 31.5 Å². The summed E-state index contributed by atoms with van der Waals surface area (Å²) in [5, 5.41) is 0. The van der Waals surface area contributed by atoms with Gasteiger partial charge in [0.2, 0.25) is 5.91 Å². The molecule has 0 spiro atoms. The Labute approximate surface area is 150 Å². The van der Waals surface area contributed by atoms with E-state index in [0.29, 0.717) is 18.9 Å². The summed E-state index contributed by atoms with van der Waals surface area (Å²) >= 11 is 0. The molecular weight excluding hydrogens is 334 g/mol. The van der Waals surface area contributed by atoms with Crippen LogP contribution in [0.2, 0.25) is 0 Å². The van der Waals surface area contributed by atoms with Crippen LogP contribution in [0, 0.1) is 0 Å². The van der Waals surface area contributed by atoms with Gasteiger partial charge in [-0.3, -0.25) is 9.69 Å². The van der Waals surface area contributed by atoms with E-state index in [-0.39, 0.29) is 25.0 Å². The number of amides is 2. The Hall–Kier alpha value is -2.90. The minimum atomic E-state index is -0.552. The van der Waals surface area contributed by atoms with Crippen molar-refractivity contribution in [3.8, 4) is 0 Å². The molecule has 1 saturated heterocycles. The molecule has 26 heavy (non-hydrogen) atoms. The van der Waals surface area contributed by atoms with Gasteiger partial charge in [-0.1, -0.05) is 31.0 Å². The molecule has 1 aromatic carbocycles. The number of para-hydroxylation sites is 1. The molecule has 4 rings (SSSR count). The lowest BCUT2D eigenvalue weighted by Crippen LogP contribution is -2.40. The highest BCUT2D eigenvalue weighted by atomic mass is 16.2. The number of carbonyl (C=O) groups is 2. The lowest BCUT2D eigenvalue weighted by Gasteiger charge is -2.21. The third kappa shape index (κ3) is 2.91. The first-order valence-electron chi connectivity index (χ1n) is 8.98. The topological polar surface area (TPSA) is 80.4 Å². The van der Waals surface area contributed by atoms with Gasteiger partial charge in [-0.05, 0) is 25.0 Å². The highest BCUT2D eigenvalue weighted by Gasteiger charge is 2.34. The average molecular weight is 355 g/mol. The van der Waals surface area contributed by atoms with Gasteiger partial charge < -0.3 is 4.90 Å². The zero-order valence-electron chi connectivity index (χ0n) is 14.5. The van der Waals surface area contributed by atoms with E-state index in [4.69, 9.17) is 0 Å². The highest BCUT2D eigenvalue weighted by molar-refractivity contribution is 5.95. The van der Waals surface area contributed by atoms with Gasteiger partial charge in [0.1, 0.15) is 6.54 Å². The van der Waals surface area contributed by atoms with Crippen LogP contribution >= 0.6 is 0 Å². The van der Waals surface area contributed by atoms with Crippen LogP contribution in [0.15, 0.2) is 35.1 Å². The van der Waals surface area contributed by atoms with Crippen LogP contribution in [-0.2, 0) is 17.9 Å². The molecule has 0 bridgehead atoms. The van der Waals surface area contributed by atoms with Crippen LogP contribution in [0.5, 0.6) is 0 Å². The van der Waals surface area contributed by atoms with Crippen LogP contribution in [0.4, 0.5) is 10.5 Å². The Morgan fingerprint density at radius 1 is 1.00 bits per heavy atom. The monoisotopic (exact) mass is 355 g/mol. The number of fused-ring (bicyclic) bond motifs is 1. The molecular formula is C18H21N5O3. The molecule has 0 aliphatic carbocycles. The average Bonchev–Trinajstić information content (AvgIpc) is 2.98. The highest BCUT2D eigenvalue weighted by Crippen LogP contribution is 2.22. The van der Waals surface area contributed by atoms with Gasteiger partial charge in [-0.25, -0.2) is 14.3 Å². The first-order valence-corrected chi connectivity index (χ1v) is 8.98. The first kappa shape index (κ1) is 16.6. The van der Waals surface area contributed by atoms with Gasteiger partial charge in [0, 0.05) is 18.8 Å². The molecule has 2 aromatic rings. The van der Waals surface area contributed by atoms with Gasteiger partial charge in [0.15, 0.2) is 5.82 Å². The summed E-state index contributed by atoms with van der Waals surface area (Å²) in [4.78, 5) is 45.0. The van der Waals surface area contributed by atoms with Crippen molar-refractivity contribution in [1.29, 1.82) is 0 Å². The fraction of sp³-hybridized carbons (Fsp3) is 0.444. The van der Waals surface area contributed by atoms with Gasteiger partial charge in [0.05, 0.1) is 6.54 Å². The molecule has 8 heteroatoms. The summed E-state index contributed by atoms with van der Waals surface area (Å²) in [5.41, 5.74) is 0.185. The predicted octanol–water partition coefficient (Wildman–Crippen LogP) is 1.44. The van der Waals surface area contributed by atoms with Crippen molar-refractivity contribution >= 4 is 17.6 Å². The minimum absolute atomic E-state index is 0.136. The van der Waals surface area contributed by atoms with Crippen LogP contribution < -0.4 is 10.6 Å². The quantitative estimate of drug-likeness (QED) is 0.834. The normalized spacial score (nSPS) is 17.3. The third-order valence-corrected chi connectivity index (χ3v) is 4.95. The fourth-order valence-corrected chi connectivity index (χ4v) is 3.58. The maximum Gasteiger partial charge on any atom is 0.365 e. The molecule has 2 amide bonds. The summed E-state index contributed by atoms with van der Waals surface area (Å²) in [6.45, 7) is 1.49. The van der Waals surface area contributed by atoms with Crippen molar-refractivity contribution in [3.05, 3.63) is 46.6 Å².